The van der Waals surface area contributed by atoms with Gasteiger partial charge in [0.15, 0.2) is 0 Å². The van der Waals surface area contributed by atoms with Crippen LogP contribution in [0.3, 0.4) is 0 Å². The van der Waals surface area contributed by atoms with Gasteiger partial charge in [-0.1, -0.05) is 35.4 Å². The van der Waals surface area contributed by atoms with Crippen LogP contribution in [0.15, 0.2) is 34.3 Å². The SMILES string of the molecule is CC(=Nc1c(C)cc(C)cc1C)C1CCC(C(C)=Nc2c(C)cc(C)cc2C)N1C. The molecule has 30 heavy (non-hydrogen) atoms. The molecule has 0 bridgehead atoms. The minimum Gasteiger partial charge on any atom is -0.290 e. The van der Waals surface area contributed by atoms with Crippen LogP contribution in [0.5, 0.6) is 0 Å². The average molecular weight is 404 g/mol. The van der Waals surface area contributed by atoms with Gasteiger partial charge in [-0.3, -0.25) is 14.9 Å². The van der Waals surface area contributed by atoms with Crippen molar-refractivity contribution in [2.24, 2.45) is 9.98 Å². The largest absolute Gasteiger partial charge is 0.290 e. The van der Waals surface area contributed by atoms with E-state index in [0.29, 0.717) is 12.1 Å². The Labute approximate surface area is 183 Å². The molecule has 1 fully saturated rings. The Morgan fingerprint density at radius 2 is 0.967 bits per heavy atom. The Balaban J connectivity index is 1.85. The van der Waals surface area contributed by atoms with Crippen LogP contribution < -0.4 is 0 Å². The molecule has 3 rings (SSSR count). The second-order valence-electron chi connectivity index (χ2n) is 9.28. The van der Waals surface area contributed by atoms with Gasteiger partial charge in [-0.05, 0) is 97.5 Å². The van der Waals surface area contributed by atoms with Gasteiger partial charge >= 0.3 is 0 Å². The summed E-state index contributed by atoms with van der Waals surface area (Å²) in [5.74, 6) is 0. The highest BCUT2D eigenvalue weighted by Gasteiger charge is 2.34. The molecule has 2 aromatic carbocycles. The molecule has 0 N–H and O–H groups in total. The maximum atomic E-state index is 5.08. The predicted molar refractivity (Wildman–Crippen MR) is 131 cm³/mol. The van der Waals surface area contributed by atoms with Gasteiger partial charge < -0.3 is 0 Å². The summed E-state index contributed by atoms with van der Waals surface area (Å²) < 4.78 is 0. The highest BCUT2D eigenvalue weighted by Crippen LogP contribution is 2.31. The van der Waals surface area contributed by atoms with E-state index in [-0.39, 0.29) is 0 Å². The number of nitrogens with zero attached hydrogens (tertiary/aromatic N) is 3. The molecule has 2 atom stereocenters. The van der Waals surface area contributed by atoms with Gasteiger partial charge in [0.05, 0.1) is 11.4 Å². The van der Waals surface area contributed by atoms with Crippen LogP contribution >= 0.6 is 0 Å². The van der Waals surface area contributed by atoms with Crippen LogP contribution in [-0.2, 0) is 0 Å². The highest BCUT2D eigenvalue weighted by atomic mass is 15.2. The second-order valence-corrected chi connectivity index (χ2v) is 9.28. The van der Waals surface area contributed by atoms with E-state index < -0.39 is 0 Å². The van der Waals surface area contributed by atoms with Gasteiger partial charge in [0, 0.05) is 23.5 Å². The lowest BCUT2D eigenvalue weighted by Gasteiger charge is -2.26. The first-order valence-corrected chi connectivity index (χ1v) is 11.1. The van der Waals surface area contributed by atoms with Gasteiger partial charge in [-0.2, -0.15) is 0 Å². The van der Waals surface area contributed by atoms with Crippen LogP contribution in [-0.4, -0.2) is 35.5 Å². The molecule has 1 heterocycles. The van der Waals surface area contributed by atoms with Crippen molar-refractivity contribution in [1.82, 2.24) is 4.90 Å². The molecule has 0 amide bonds. The second kappa shape index (κ2) is 8.85. The van der Waals surface area contributed by atoms with E-state index in [1.165, 1.54) is 44.8 Å². The number of aryl methyl sites for hydroxylation is 6. The molecule has 1 aliphatic rings. The van der Waals surface area contributed by atoms with Crippen LogP contribution in [0.25, 0.3) is 0 Å². The number of benzene rings is 2. The summed E-state index contributed by atoms with van der Waals surface area (Å²) in [6.07, 6.45) is 2.25. The maximum Gasteiger partial charge on any atom is 0.0688 e. The molecule has 2 aromatic rings. The number of rotatable bonds is 4. The number of hydrogen-bond donors (Lipinski definition) is 0. The van der Waals surface area contributed by atoms with Crippen LogP contribution in [0, 0.1) is 41.5 Å². The standard InChI is InChI=1S/C27H37N3/c1-16-12-18(3)26(19(4)13-16)28-22(7)24-10-11-25(30(24)9)23(8)29-27-20(5)14-17(2)15-21(27)6/h12-15,24-25H,10-11H2,1-9H3. The molecule has 3 heteroatoms. The first-order valence-electron chi connectivity index (χ1n) is 11.1. The third-order valence-electron chi connectivity index (χ3n) is 6.51. The molecule has 2 unspecified atom stereocenters. The lowest BCUT2D eigenvalue weighted by atomic mass is 10.0. The summed E-state index contributed by atoms with van der Waals surface area (Å²) in [6, 6.07) is 9.63. The molecular formula is C27H37N3. The van der Waals surface area contributed by atoms with Crippen molar-refractivity contribution in [3.8, 4) is 0 Å². The van der Waals surface area contributed by atoms with Crippen molar-refractivity contribution in [3.05, 3.63) is 57.6 Å². The monoisotopic (exact) mass is 403 g/mol. The first-order chi connectivity index (χ1) is 14.1. The van der Waals surface area contributed by atoms with Gasteiger partial charge in [-0.15, -0.1) is 0 Å². The fourth-order valence-electron chi connectivity index (χ4n) is 5.15. The summed E-state index contributed by atoms with van der Waals surface area (Å²) in [4.78, 5) is 12.6. The van der Waals surface area contributed by atoms with Crippen molar-refractivity contribution in [2.45, 2.75) is 80.3 Å². The van der Waals surface area contributed by atoms with Gasteiger partial charge in [0.1, 0.15) is 0 Å². The number of likely N-dealkylation sites (tertiary alicyclic amines) is 1. The van der Waals surface area contributed by atoms with Crippen LogP contribution in [0.4, 0.5) is 11.4 Å². The Morgan fingerprint density at radius 3 is 1.27 bits per heavy atom. The van der Waals surface area contributed by atoms with Gasteiger partial charge in [-0.25, -0.2) is 0 Å². The van der Waals surface area contributed by atoms with Crippen molar-refractivity contribution < 1.29 is 0 Å². The molecule has 1 aliphatic heterocycles. The van der Waals surface area contributed by atoms with Crippen molar-refractivity contribution in [1.29, 1.82) is 0 Å². The average Bonchev–Trinajstić information content (AvgIpc) is 3.02. The van der Waals surface area contributed by atoms with Crippen molar-refractivity contribution in [2.75, 3.05) is 7.05 Å². The summed E-state index contributed by atoms with van der Waals surface area (Å²) in [5, 5.41) is 0. The van der Waals surface area contributed by atoms with Crippen molar-refractivity contribution >= 4 is 22.8 Å². The highest BCUT2D eigenvalue weighted by molar-refractivity contribution is 5.94. The smallest absolute Gasteiger partial charge is 0.0688 e. The van der Waals surface area contributed by atoms with Gasteiger partial charge in [0.2, 0.25) is 0 Å². The fraction of sp³-hybridized carbons (Fsp3) is 0.481. The lowest BCUT2D eigenvalue weighted by molar-refractivity contribution is 0.333. The molecule has 0 radical (unpaired) electrons. The summed E-state index contributed by atoms with van der Waals surface area (Å²) in [6.45, 7) is 17.3. The normalized spacial score (nSPS) is 20.8. The summed E-state index contributed by atoms with van der Waals surface area (Å²) in [7, 11) is 2.23. The van der Waals surface area contributed by atoms with E-state index in [0.717, 1.165) is 24.2 Å². The van der Waals surface area contributed by atoms with E-state index in [1.54, 1.807) is 0 Å². The molecule has 1 saturated heterocycles. The van der Waals surface area contributed by atoms with E-state index in [9.17, 15) is 0 Å². The number of hydrogen-bond acceptors (Lipinski definition) is 3. The fourth-order valence-corrected chi connectivity index (χ4v) is 5.15. The molecule has 0 aromatic heterocycles. The third kappa shape index (κ3) is 4.57. The minimum atomic E-state index is 0.362. The topological polar surface area (TPSA) is 28.0 Å². The van der Waals surface area contributed by atoms with E-state index >= 15 is 0 Å². The lowest BCUT2D eigenvalue weighted by Crippen LogP contribution is -2.39. The molecule has 0 spiro atoms. The predicted octanol–water partition coefficient (Wildman–Crippen LogP) is 6.88. The Bertz CT molecular complexity index is 885. The zero-order valence-corrected chi connectivity index (χ0v) is 20.2. The Morgan fingerprint density at radius 1 is 0.667 bits per heavy atom. The number of aliphatic imine (C=N–C) groups is 2. The zero-order valence-electron chi connectivity index (χ0n) is 20.2. The Kier molecular flexibility index (Phi) is 6.62. The van der Waals surface area contributed by atoms with E-state index in [2.05, 4.69) is 91.6 Å². The maximum absolute atomic E-state index is 5.08. The van der Waals surface area contributed by atoms with Crippen molar-refractivity contribution in [3.63, 3.8) is 0 Å². The minimum absolute atomic E-state index is 0.362. The van der Waals surface area contributed by atoms with Crippen LogP contribution in [0.1, 0.15) is 60.1 Å². The summed E-state index contributed by atoms with van der Waals surface area (Å²) >= 11 is 0. The Hall–Kier alpha value is -2.26. The molecular weight excluding hydrogens is 366 g/mol. The molecule has 0 aliphatic carbocycles. The van der Waals surface area contributed by atoms with E-state index in [1.807, 2.05) is 0 Å². The molecule has 160 valence electrons. The van der Waals surface area contributed by atoms with E-state index in [4.69, 9.17) is 9.98 Å². The third-order valence-corrected chi connectivity index (χ3v) is 6.51. The van der Waals surface area contributed by atoms with Crippen LogP contribution in [0.2, 0.25) is 0 Å². The first kappa shape index (κ1) is 22.4. The molecule has 3 nitrogen and oxygen atoms in total. The summed E-state index contributed by atoms with van der Waals surface area (Å²) in [5.41, 5.74) is 12.3. The quantitative estimate of drug-likeness (QED) is 0.511. The zero-order chi connectivity index (χ0) is 22.2. The molecule has 0 saturated carbocycles. The van der Waals surface area contributed by atoms with Gasteiger partial charge in [0.25, 0.3) is 0 Å².